The van der Waals surface area contributed by atoms with Crippen LogP contribution >= 0.6 is 27.3 Å². The summed E-state index contributed by atoms with van der Waals surface area (Å²) in [5, 5.41) is 9.02. The number of aromatic nitrogens is 3. The van der Waals surface area contributed by atoms with Gasteiger partial charge in [0.05, 0.1) is 20.9 Å². The Bertz CT molecular complexity index is 561. The summed E-state index contributed by atoms with van der Waals surface area (Å²) in [6.07, 6.45) is 3.81. The first kappa shape index (κ1) is 14.7. The number of likely N-dealkylation sites (N-methyl/N-ethyl adjacent to an activating group) is 1. The van der Waals surface area contributed by atoms with Crippen LogP contribution in [0.15, 0.2) is 10.7 Å². The van der Waals surface area contributed by atoms with Crippen molar-refractivity contribution in [3.63, 3.8) is 0 Å². The molecule has 0 bridgehead atoms. The van der Waals surface area contributed by atoms with Crippen LogP contribution in [0, 0.1) is 6.92 Å². The Labute approximate surface area is 126 Å². The number of hydrogen-bond acceptors (Lipinski definition) is 4. The molecule has 0 aliphatic heterocycles. The summed E-state index contributed by atoms with van der Waals surface area (Å²) >= 11 is 5.42. The van der Waals surface area contributed by atoms with E-state index in [4.69, 9.17) is 0 Å². The summed E-state index contributed by atoms with van der Waals surface area (Å²) in [6, 6.07) is 0.280. The molecule has 0 amide bonds. The van der Waals surface area contributed by atoms with Gasteiger partial charge in [-0.3, -0.25) is 4.68 Å². The smallest absolute Gasteiger partial charge is 0.0897 e. The standard InChI is InChI=1S/C13H19BrN4S/c1-5-9-13(14)11(18(4)17-9)6-10(15-3)12-7-16-8(2)19-12/h7,10,15H,5-6H2,1-4H3. The normalized spacial score (nSPS) is 12.9. The lowest BCUT2D eigenvalue weighted by molar-refractivity contribution is 0.567. The van der Waals surface area contributed by atoms with Crippen molar-refractivity contribution in [3.8, 4) is 0 Å². The van der Waals surface area contributed by atoms with Crippen molar-refractivity contribution < 1.29 is 0 Å². The molecule has 2 aromatic rings. The van der Waals surface area contributed by atoms with Crippen LogP contribution in [0.5, 0.6) is 0 Å². The molecule has 0 saturated heterocycles. The molecule has 0 radical (unpaired) electrons. The molecule has 1 N–H and O–H groups in total. The fourth-order valence-corrected chi connectivity index (χ4v) is 3.79. The summed E-state index contributed by atoms with van der Waals surface area (Å²) in [5.74, 6) is 0. The molecule has 0 saturated carbocycles. The Morgan fingerprint density at radius 2 is 2.26 bits per heavy atom. The van der Waals surface area contributed by atoms with E-state index in [1.807, 2.05) is 31.9 Å². The first-order valence-electron chi connectivity index (χ1n) is 6.36. The SMILES string of the molecule is CCc1nn(C)c(CC(NC)c2cnc(C)s2)c1Br. The van der Waals surface area contributed by atoms with E-state index >= 15 is 0 Å². The molecule has 2 heterocycles. The molecule has 2 rings (SSSR count). The highest BCUT2D eigenvalue weighted by atomic mass is 79.9. The van der Waals surface area contributed by atoms with Crippen molar-refractivity contribution in [2.45, 2.75) is 32.7 Å². The zero-order valence-corrected chi connectivity index (χ0v) is 14.1. The minimum absolute atomic E-state index is 0.280. The topological polar surface area (TPSA) is 42.7 Å². The van der Waals surface area contributed by atoms with Gasteiger partial charge in [0, 0.05) is 30.6 Å². The van der Waals surface area contributed by atoms with Crippen molar-refractivity contribution in [1.29, 1.82) is 0 Å². The predicted octanol–water partition coefficient (Wildman–Crippen LogP) is 3.01. The van der Waals surface area contributed by atoms with Gasteiger partial charge < -0.3 is 5.32 Å². The van der Waals surface area contributed by atoms with E-state index in [-0.39, 0.29) is 6.04 Å². The monoisotopic (exact) mass is 342 g/mol. The number of thiazole rings is 1. The van der Waals surface area contributed by atoms with Gasteiger partial charge in [0.2, 0.25) is 0 Å². The second-order valence-electron chi connectivity index (χ2n) is 4.51. The van der Waals surface area contributed by atoms with Crippen molar-refractivity contribution in [2.24, 2.45) is 7.05 Å². The van der Waals surface area contributed by atoms with Gasteiger partial charge in [0.25, 0.3) is 0 Å². The number of rotatable bonds is 5. The minimum Gasteiger partial charge on any atom is -0.312 e. The summed E-state index contributed by atoms with van der Waals surface area (Å²) < 4.78 is 3.11. The molecule has 104 valence electrons. The molecular formula is C13H19BrN4S. The first-order chi connectivity index (χ1) is 9.06. The van der Waals surface area contributed by atoms with Crippen LogP contribution in [0.25, 0.3) is 0 Å². The molecule has 0 aromatic carbocycles. The van der Waals surface area contributed by atoms with E-state index in [0.29, 0.717) is 0 Å². The van der Waals surface area contributed by atoms with Crippen LogP contribution < -0.4 is 5.32 Å². The summed E-state index contributed by atoms with van der Waals surface area (Å²) in [4.78, 5) is 5.61. The third-order valence-corrected chi connectivity index (χ3v) is 5.17. The van der Waals surface area contributed by atoms with Gasteiger partial charge >= 0.3 is 0 Å². The van der Waals surface area contributed by atoms with Crippen molar-refractivity contribution >= 4 is 27.3 Å². The zero-order valence-electron chi connectivity index (χ0n) is 11.7. The van der Waals surface area contributed by atoms with Crippen LogP contribution in [-0.2, 0) is 19.9 Å². The Hall–Kier alpha value is -0.720. The van der Waals surface area contributed by atoms with E-state index in [1.54, 1.807) is 11.3 Å². The van der Waals surface area contributed by atoms with E-state index in [9.17, 15) is 0 Å². The third-order valence-electron chi connectivity index (χ3n) is 3.23. The summed E-state index contributed by atoms with van der Waals surface area (Å²) in [5.41, 5.74) is 2.34. The molecule has 1 unspecified atom stereocenters. The Morgan fingerprint density at radius 1 is 1.53 bits per heavy atom. The molecule has 2 aromatic heterocycles. The van der Waals surface area contributed by atoms with E-state index < -0.39 is 0 Å². The quantitative estimate of drug-likeness (QED) is 0.908. The van der Waals surface area contributed by atoms with Crippen molar-refractivity contribution in [2.75, 3.05) is 7.05 Å². The van der Waals surface area contributed by atoms with Gasteiger partial charge in [-0.15, -0.1) is 11.3 Å². The fraction of sp³-hybridized carbons (Fsp3) is 0.538. The largest absolute Gasteiger partial charge is 0.312 e. The van der Waals surface area contributed by atoms with Crippen LogP contribution in [0.4, 0.5) is 0 Å². The van der Waals surface area contributed by atoms with Gasteiger partial charge in [-0.1, -0.05) is 6.92 Å². The van der Waals surface area contributed by atoms with Gasteiger partial charge in [-0.05, 0) is 36.3 Å². The number of hydrogen-bond donors (Lipinski definition) is 1. The first-order valence-corrected chi connectivity index (χ1v) is 7.97. The molecule has 6 heteroatoms. The van der Waals surface area contributed by atoms with Gasteiger partial charge in [0.15, 0.2) is 0 Å². The van der Waals surface area contributed by atoms with Crippen molar-refractivity contribution in [3.05, 3.63) is 31.9 Å². The molecule has 0 fully saturated rings. The maximum Gasteiger partial charge on any atom is 0.0897 e. The van der Waals surface area contributed by atoms with E-state index in [1.165, 1.54) is 10.6 Å². The van der Waals surface area contributed by atoms with Crippen LogP contribution in [0.3, 0.4) is 0 Å². The molecule has 19 heavy (non-hydrogen) atoms. The predicted molar refractivity (Wildman–Crippen MR) is 82.6 cm³/mol. The zero-order chi connectivity index (χ0) is 14.0. The van der Waals surface area contributed by atoms with Gasteiger partial charge in [-0.25, -0.2) is 4.98 Å². The van der Waals surface area contributed by atoms with Crippen LogP contribution in [0.2, 0.25) is 0 Å². The van der Waals surface area contributed by atoms with Crippen LogP contribution in [0.1, 0.15) is 34.2 Å². The summed E-state index contributed by atoms with van der Waals surface area (Å²) in [6.45, 7) is 4.16. The maximum absolute atomic E-state index is 4.54. The Morgan fingerprint density at radius 3 is 2.74 bits per heavy atom. The average molecular weight is 343 g/mol. The highest BCUT2D eigenvalue weighted by molar-refractivity contribution is 9.10. The molecule has 0 spiro atoms. The molecule has 0 aliphatic rings. The molecule has 1 atom stereocenters. The third kappa shape index (κ3) is 3.07. The molecule has 0 aliphatic carbocycles. The number of aryl methyl sites for hydroxylation is 3. The maximum atomic E-state index is 4.54. The minimum atomic E-state index is 0.280. The Balaban J connectivity index is 2.26. The molecule has 4 nitrogen and oxygen atoms in total. The lowest BCUT2D eigenvalue weighted by Gasteiger charge is -2.14. The van der Waals surface area contributed by atoms with Crippen LogP contribution in [-0.4, -0.2) is 21.8 Å². The lowest BCUT2D eigenvalue weighted by atomic mass is 10.1. The van der Waals surface area contributed by atoms with E-state index in [2.05, 4.69) is 38.3 Å². The second kappa shape index (κ2) is 6.15. The Kier molecular flexibility index (Phi) is 4.76. The average Bonchev–Trinajstić information content (AvgIpc) is 2.92. The molecular weight excluding hydrogens is 324 g/mol. The van der Waals surface area contributed by atoms with Gasteiger partial charge in [0.1, 0.15) is 0 Å². The highest BCUT2D eigenvalue weighted by Gasteiger charge is 2.19. The number of halogens is 1. The van der Waals surface area contributed by atoms with Gasteiger partial charge in [-0.2, -0.15) is 5.10 Å². The lowest BCUT2D eigenvalue weighted by Crippen LogP contribution is -2.19. The summed E-state index contributed by atoms with van der Waals surface area (Å²) in [7, 11) is 3.99. The second-order valence-corrected chi connectivity index (χ2v) is 6.57. The number of nitrogens with zero attached hydrogens (tertiary/aromatic N) is 3. The van der Waals surface area contributed by atoms with Crippen molar-refractivity contribution in [1.82, 2.24) is 20.1 Å². The highest BCUT2D eigenvalue weighted by Crippen LogP contribution is 2.28. The fourth-order valence-electron chi connectivity index (χ4n) is 2.12. The van der Waals surface area contributed by atoms with E-state index in [0.717, 1.165) is 28.0 Å². The number of nitrogens with one attached hydrogen (secondary N) is 1.